The number of nitrogens with zero attached hydrogens (tertiary/aromatic N) is 3. The van der Waals surface area contributed by atoms with Gasteiger partial charge in [-0.2, -0.15) is 0 Å². The largest absolute Gasteiger partial charge is 0.477 e. The molecular weight excluding hydrogens is 318 g/mol. The molecule has 0 fully saturated rings. The van der Waals surface area contributed by atoms with Crippen LogP contribution in [0.4, 0.5) is 10.8 Å². The third kappa shape index (κ3) is 2.51. The van der Waals surface area contributed by atoms with Gasteiger partial charge in [-0.3, -0.25) is 0 Å². The van der Waals surface area contributed by atoms with Crippen LogP contribution in [0.5, 0.6) is 0 Å². The molecule has 2 aromatic heterocycles. The van der Waals surface area contributed by atoms with Gasteiger partial charge in [0.1, 0.15) is 11.4 Å². The second-order valence-electron chi connectivity index (χ2n) is 3.62. The molecule has 0 spiro atoms. The van der Waals surface area contributed by atoms with Crippen LogP contribution < -0.4 is 4.90 Å². The molecule has 18 heavy (non-hydrogen) atoms. The Morgan fingerprint density at radius 2 is 2.28 bits per heavy atom. The molecule has 0 atom stereocenters. The van der Waals surface area contributed by atoms with Crippen molar-refractivity contribution in [2.75, 3.05) is 11.9 Å². The molecule has 0 radical (unpaired) electrons. The number of aryl methyl sites for hydroxylation is 1. The highest BCUT2D eigenvalue weighted by Crippen LogP contribution is 2.32. The lowest BCUT2D eigenvalue weighted by atomic mass is 10.3. The Kier molecular flexibility index (Phi) is 3.63. The Hall–Kier alpha value is -1.47. The number of carbonyl (C=O) groups is 1. The van der Waals surface area contributed by atoms with Crippen molar-refractivity contribution >= 4 is 44.1 Å². The van der Waals surface area contributed by atoms with E-state index in [4.69, 9.17) is 5.11 Å². The van der Waals surface area contributed by atoms with E-state index in [9.17, 15) is 4.79 Å². The Bertz CT molecular complexity index is 600. The molecule has 0 amide bonds. The van der Waals surface area contributed by atoms with Gasteiger partial charge in [-0.1, -0.05) is 0 Å². The maximum Gasteiger partial charge on any atom is 0.341 e. The summed E-state index contributed by atoms with van der Waals surface area (Å²) in [6.07, 6.45) is 1.33. The number of hydrogen-bond acceptors (Lipinski definition) is 5. The lowest BCUT2D eigenvalue weighted by Gasteiger charge is -2.18. The average molecular weight is 328 g/mol. The number of rotatable bonds is 3. The molecule has 0 aromatic carbocycles. The van der Waals surface area contributed by atoms with Crippen molar-refractivity contribution in [1.29, 1.82) is 0 Å². The first-order valence-corrected chi connectivity index (χ1v) is 6.71. The van der Waals surface area contributed by atoms with Gasteiger partial charge in [0.25, 0.3) is 0 Å². The van der Waals surface area contributed by atoms with Crippen LogP contribution in [-0.4, -0.2) is 28.1 Å². The highest BCUT2D eigenvalue weighted by Gasteiger charge is 2.18. The number of thiophene rings is 1. The maximum absolute atomic E-state index is 11.2. The summed E-state index contributed by atoms with van der Waals surface area (Å²) in [6.45, 7) is 1.73. The minimum absolute atomic E-state index is 0.0904. The topological polar surface area (TPSA) is 66.3 Å². The Balaban J connectivity index is 2.49. The molecule has 0 saturated heterocycles. The summed E-state index contributed by atoms with van der Waals surface area (Å²) in [7, 11) is 1.78. The summed E-state index contributed by atoms with van der Waals surface area (Å²) in [6, 6.07) is 1.91. The van der Waals surface area contributed by atoms with Crippen LogP contribution in [0.25, 0.3) is 0 Å². The standard InChI is InChI=1S/C11H10BrN3O2S/c1-6-13-4-8(11(16)17)10(14-6)15(2)9-3-7(12)5-18-9/h3-5H,1-2H3,(H,16,17). The van der Waals surface area contributed by atoms with Crippen molar-refractivity contribution < 1.29 is 9.90 Å². The zero-order chi connectivity index (χ0) is 13.3. The molecule has 0 aliphatic heterocycles. The van der Waals surface area contributed by atoms with Gasteiger partial charge in [-0.15, -0.1) is 11.3 Å². The van der Waals surface area contributed by atoms with E-state index in [0.717, 1.165) is 9.47 Å². The second kappa shape index (κ2) is 5.03. The summed E-state index contributed by atoms with van der Waals surface area (Å²) in [5.74, 6) is -0.103. The monoisotopic (exact) mass is 327 g/mol. The van der Waals surface area contributed by atoms with Gasteiger partial charge in [-0.25, -0.2) is 14.8 Å². The van der Waals surface area contributed by atoms with Gasteiger partial charge < -0.3 is 10.0 Å². The molecule has 0 aliphatic carbocycles. The SMILES string of the molecule is Cc1ncc(C(=O)O)c(N(C)c2cc(Br)cs2)n1. The van der Waals surface area contributed by atoms with Gasteiger partial charge in [0.05, 0.1) is 5.00 Å². The smallest absolute Gasteiger partial charge is 0.341 e. The molecule has 7 heteroatoms. The molecule has 2 heterocycles. The third-order valence-electron chi connectivity index (χ3n) is 2.32. The number of hydrogen-bond donors (Lipinski definition) is 1. The van der Waals surface area contributed by atoms with Crippen LogP contribution in [0.3, 0.4) is 0 Å². The predicted molar refractivity (Wildman–Crippen MR) is 73.8 cm³/mol. The van der Waals surface area contributed by atoms with Gasteiger partial charge in [0, 0.05) is 23.1 Å². The van der Waals surface area contributed by atoms with E-state index >= 15 is 0 Å². The van der Waals surface area contributed by atoms with Crippen molar-refractivity contribution in [3.63, 3.8) is 0 Å². The van der Waals surface area contributed by atoms with Gasteiger partial charge in [0.2, 0.25) is 0 Å². The maximum atomic E-state index is 11.2. The first-order chi connectivity index (χ1) is 8.49. The van der Waals surface area contributed by atoms with Crippen LogP contribution in [0.2, 0.25) is 0 Å². The van der Waals surface area contributed by atoms with Crippen LogP contribution in [-0.2, 0) is 0 Å². The fourth-order valence-electron chi connectivity index (χ4n) is 1.45. The molecule has 0 unspecified atom stereocenters. The van der Waals surface area contributed by atoms with Crippen LogP contribution in [0.1, 0.15) is 16.2 Å². The van der Waals surface area contributed by atoms with Crippen LogP contribution in [0.15, 0.2) is 22.1 Å². The number of aromatic nitrogens is 2. The minimum Gasteiger partial charge on any atom is -0.477 e. The molecule has 0 aliphatic rings. The summed E-state index contributed by atoms with van der Waals surface area (Å²) < 4.78 is 0.956. The quantitative estimate of drug-likeness (QED) is 0.938. The third-order valence-corrected chi connectivity index (χ3v) is 4.09. The molecular formula is C11H10BrN3O2S. The highest BCUT2D eigenvalue weighted by atomic mass is 79.9. The zero-order valence-corrected chi connectivity index (χ0v) is 12.1. The zero-order valence-electron chi connectivity index (χ0n) is 9.72. The molecule has 1 N–H and O–H groups in total. The molecule has 2 aromatic rings. The van der Waals surface area contributed by atoms with Crippen molar-refractivity contribution in [3.05, 3.63) is 33.5 Å². The Labute approximate surface area is 116 Å². The van der Waals surface area contributed by atoms with Crippen molar-refractivity contribution in [2.24, 2.45) is 0 Å². The summed E-state index contributed by atoms with van der Waals surface area (Å²) in [5, 5.41) is 12.0. The number of halogens is 1. The summed E-state index contributed by atoms with van der Waals surface area (Å²) >= 11 is 4.87. The van der Waals surface area contributed by atoms with Gasteiger partial charge >= 0.3 is 5.97 Å². The van der Waals surface area contributed by atoms with Crippen molar-refractivity contribution in [1.82, 2.24) is 9.97 Å². The van der Waals surface area contributed by atoms with Gasteiger partial charge in [0.15, 0.2) is 5.82 Å². The summed E-state index contributed by atoms with van der Waals surface area (Å²) in [5.41, 5.74) is 0.0904. The average Bonchev–Trinajstić information content (AvgIpc) is 2.74. The summed E-state index contributed by atoms with van der Waals surface area (Å²) in [4.78, 5) is 21.0. The first kappa shape index (κ1) is 13.0. The number of carboxylic acid groups (broad SMARTS) is 1. The highest BCUT2D eigenvalue weighted by molar-refractivity contribution is 9.10. The van der Waals surface area contributed by atoms with E-state index in [2.05, 4.69) is 25.9 Å². The molecule has 2 rings (SSSR count). The first-order valence-electron chi connectivity index (χ1n) is 5.03. The van der Waals surface area contributed by atoms with E-state index in [1.165, 1.54) is 17.5 Å². The predicted octanol–water partition coefficient (Wildman–Crippen LogP) is 3.08. The molecule has 5 nitrogen and oxygen atoms in total. The Morgan fingerprint density at radius 1 is 1.56 bits per heavy atom. The fourth-order valence-corrected chi connectivity index (χ4v) is 2.84. The number of anilines is 2. The van der Waals surface area contributed by atoms with E-state index in [-0.39, 0.29) is 5.56 Å². The minimum atomic E-state index is -1.03. The second-order valence-corrected chi connectivity index (χ2v) is 5.43. The normalized spacial score (nSPS) is 10.4. The lowest BCUT2D eigenvalue weighted by molar-refractivity contribution is 0.0697. The van der Waals surface area contributed by atoms with Crippen molar-refractivity contribution in [2.45, 2.75) is 6.92 Å². The molecule has 0 saturated carbocycles. The fraction of sp³-hybridized carbons (Fsp3) is 0.182. The van der Waals surface area contributed by atoms with Crippen LogP contribution >= 0.6 is 27.3 Å². The number of aromatic carboxylic acids is 1. The van der Waals surface area contributed by atoms with Crippen molar-refractivity contribution in [3.8, 4) is 0 Å². The van der Waals surface area contributed by atoms with E-state index in [1.807, 2.05) is 11.4 Å². The lowest BCUT2D eigenvalue weighted by Crippen LogP contribution is -2.16. The molecule has 0 bridgehead atoms. The molecule has 94 valence electrons. The number of carboxylic acids is 1. The van der Waals surface area contributed by atoms with Crippen LogP contribution in [0, 0.1) is 6.92 Å². The Morgan fingerprint density at radius 3 is 2.83 bits per heavy atom. The van der Waals surface area contributed by atoms with E-state index in [1.54, 1.807) is 18.9 Å². The van der Waals surface area contributed by atoms with E-state index < -0.39 is 5.97 Å². The van der Waals surface area contributed by atoms with E-state index in [0.29, 0.717) is 11.6 Å². The van der Waals surface area contributed by atoms with Gasteiger partial charge in [-0.05, 0) is 28.9 Å².